The lowest BCUT2D eigenvalue weighted by molar-refractivity contribution is -0.115. The lowest BCUT2D eigenvalue weighted by Gasteiger charge is -2.19. The summed E-state index contributed by atoms with van der Waals surface area (Å²) in [6.45, 7) is 5.65. The topological polar surface area (TPSA) is 128 Å². The number of ether oxygens (including phenoxy) is 1. The second-order valence-electron chi connectivity index (χ2n) is 8.75. The molecule has 0 radical (unpaired) electrons. The highest BCUT2D eigenvalue weighted by atomic mass is 19.1. The fourth-order valence-corrected chi connectivity index (χ4v) is 4.01. The molecule has 10 nitrogen and oxygen atoms in total. The molecule has 0 aliphatic carbocycles. The van der Waals surface area contributed by atoms with Crippen LogP contribution in [0, 0.1) is 5.82 Å². The van der Waals surface area contributed by atoms with Gasteiger partial charge in [-0.15, -0.1) is 0 Å². The van der Waals surface area contributed by atoms with Crippen molar-refractivity contribution in [3.8, 4) is 5.75 Å². The SMILES string of the molecule is CCN(CCCO)CCCOc1ccc2c(Nc3cc(CC(=O)Nc4cccc(F)c4)[nH]n3)ncnc2c1. The Bertz CT molecular complexity index is 1350. The maximum atomic E-state index is 13.3. The Labute approximate surface area is 220 Å². The number of aromatic amines is 1. The summed E-state index contributed by atoms with van der Waals surface area (Å²) in [7, 11) is 0. The Balaban J connectivity index is 1.32. The van der Waals surface area contributed by atoms with E-state index in [9.17, 15) is 9.18 Å². The van der Waals surface area contributed by atoms with E-state index in [1.165, 1.54) is 24.5 Å². The summed E-state index contributed by atoms with van der Waals surface area (Å²) in [5.74, 6) is 1.09. The van der Waals surface area contributed by atoms with Gasteiger partial charge in [0.2, 0.25) is 5.91 Å². The Morgan fingerprint density at radius 1 is 1.13 bits per heavy atom. The van der Waals surface area contributed by atoms with Crippen molar-refractivity contribution < 1.29 is 19.0 Å². The maximum Gasteiger partial charge on any atom is 0.230 e. The average Bonchev–Trinajstić information content (AvgIpc) is 3.34. The first-order valence-corrected chi connectivity index (χ1v) is 12.6. The summed E-state index contributed by atoms with van der Waals surface area (Å²) in [6, 6.07) is 13.1. The van der Waals surface area contributed by atoms with Crippen molar-refractivity contribution in [1.82, 2.24) is 25.1 Å². The summed E-state index contributed by atoms with van der Waals surface area (Å²) in [6.07, 6.45) is 3.18. The van der Waals surface area contributed by atoms with Gasteiger partial charge in [0.15, 0.2) is 5.82 Å². The number of fused-ring (bicyclic) bond motifs is 1. The molecule has 0 spiro atoms. The number of nitrogens with one attached hydrogen (secondary N) is 3. The number of carbonyl (C=O) groups is 1. The van der Waals surface area contributed by atoms with Gasteiger partial charge in [0.25, 0.3) is 0 Å². The van der Waals surface area contributed by atoms with Crippen molar-refractivity contribution in [2.24, 2.45) is 0 Å². The van der Waals surface area contributed by atoms with E-state index < -0.39 is 5.82 Å². The minimum Gasteiger partial charge on any atom is -0.493 e. The maximum absolute atomic E-state index is 13.3. The summed E-state index contributed by atoms with van der Waals surface area (Å²) in [4.78, 5) is 23.3. The van der Waals surface area contributed by atoms with Crippen LogP contribution in [0.2, 0.25) is 0 Å². The summed E-state index contributed by atoms with van der Waals surface area (Å²) in [5, 5.41) is 22.7. The van der Waals surface area contributed by atoms with Crippen molar-refractivity contribution in [3.05, 3.63) is 66.4 Å². The van der Waals surface area contributed by atoms with E-state index >= 15 is 0 Å². The van der Waals surface area contributed by atoms with Crippen molar-refractivity contribution >= 4 is 34.1 Å². The number of H-pyrrole nitrogens is 1. The number of benzene rings is 2. The number of hydrogen-bond donors (Lipinski definition) is 4. The molecule has 0 fully saturated rings. The van der Waals surface area contributed by atoms with Crippen LogP contribution < -0.4 is 15.4 Å². The van der Waals surface area contributed by atoms with E-state index in [4.69, 9.17) is 9.84 Å². The zero-order valence-electron chi connectivity index (χ0n) is 21.3. The number of aromatic nitrogens is 4. The molecule has 0 saturated heterocycles. The van der Waals surface area contributed by atoms with Gasteiger partial charge in [0.1, 0.15) is 23.7 Å². The molecule has 2 aromatic carbocycles. The molecule has 38 heavy (non-hydrogen) atoms. The van der Waals surface area contributed by atoms with Crippen LogP contribution >= 0.6 is 0 Å². The van der Waals surface area contributed by atoms with Gasteiger partial charge in [0.05, 0.1) is 18.5 Å². The number of hydrogen-bond acceptors (Lipinski definition) is 8. The Kier molecular flexibility index (Phi) is 9.54. The van der Waals surface area contributed by atoms with Crippen molar-refractivity contribution in [1.29, 1.82) is 0 Å². The van der Waals surface area contributed by atoms with Gasteiger partial charge in [-0.2, -0.15) is 5.10 Å². The fraction of sp³-hybridized carbons (Fsp3) is 0.333. The van der Waals surface area contributed by atoms with Crippen LogP contribution in [0.5, 0.6) is 5.75 Å². The Morgan fingerprint density at radius 3 is 2.82 bits per heavy atom. The molecule has 0 bridgehead atoms. The van der Waals surface area contributed by atoms with Gasteiger partial charge in [-0.05, 0) is 49.7 Å². The minimum atomic E-state index is -0.416. The van der Waals surface area contributed by atoms with Crippen LogP contribution in [0.4, 0.5) is 21.7 Å². The zero-order chi connectivity index (χ0) is 26.7. The van der Waals surface area contributed by atoms with Gasteiger partial charge in [-0.1, -0.05) is 13.0 Å². The van der Waals surface area contributed by atoms with E-state index in [1.54, 1.807) is 12.1 Å². The third kappa shape index (κ3) is 7.70. The molecular formula is C27H32FN7O3. The molecule has 0 aliphatic heterocycles. The number of amides is 1. The van der Waals surface area contributed by atoms with Gasteiger partial charge in [-0.25, -0.2) is 14.4 Å². The first kappa shape index (κ1) is 27.0. The number of anilines is 3. The molecule has 0 atom stereocenters. The molecular weight excluding hydrogens is 489 g/mol. The average molecular weight is 522 g/mol. The predicted molar refractivity (Wildman–Crippen MR) is 144 cm³/mol. The highest BCUT2D eigenvalue weighted by Crippen LogP contribution is 2.26. The monoisotopic (exact) mass is 521 g/mol. The normalized spacial score (nSPS) is 11.2. The first-order chi connectivity index (χ1) is 18.5. The van der Waals surface area contributed by atoms with Gasteiger partial charge in [-0.3, -0.25) is 9.89 Å². The molecule has 0 saturated carbocycles. The summed E-state index contributed by atoms with van der Waals surface area (Å²) >= 11 is 0. The zero-order valence-corrected chi connectivity index (χ0v) is 21.3. The minimum absolute atomic E-state index is 0.0495. The van der Waals surface area contributed by atoms with Crippen LogP contribution in [0.25, 0.3) is 10.9 Å². The standard InChI is InChI=1S/C27H32FN7O3/c1-2-35(10-4-12-36)11-5-13-38-22-8-9-23-24(17-22)29-18-30-27(23)32-25-15-21(33-34-25)16-26(37)31-20-7-3-6-19(28)14-20/h3,6-9,14-15,17-18,36H,2,4-5,10-13,16H2,1H3,(H,31,37)(H2,29,30,32,33,34). The van der Waals surface area contributed by atoms with E-state index in [0.29, 0.717) is 29.6 Å². The number of nitrogens with zero attached hydrogens (tertiary/aromatic N) is 4. The van der Waals surface area contributed by atoms with E-state index in [-0.39, 0.29) is 18.9 Å². The third-order valence-electron chi connectivity index (χ3n) is 5.91. The number of rotatable bonds is 14. The van der Waals surface area contributed by atoms with Gasteiger partial charge >= 0.3 is 0 Å². The van der Waals surface area contributed by atoms with Gasteiger partial charge in [0, 0.05) is 48.6 Å². The van der Waals surface area contributed by atoms with Crippen LogP contribution in [0.1, 0.15) is 25.5 Å². The van der Waals surface area contributed by atoms with E-state index in [2.05, 4.69) is 42.6 Å². The second kappa shape index (κ2) is 13.5. The van der Waals surface area contributed by atoms with Crippen LogP contribution in [-0.2, 0) is 11.2 Å². The molecule has 4 rings (SSSR count). The molecule has 0 aliphatic rings. The van der Waals surface area contributed by atoms with Crippen LogP contribution in [0.3, 0.4) is 0 Å². The molecule has 1 amide bonds. The van der Waals surface area contributed by atoms with Crippen LogP contribution in [0.15, 0.2) is 54.9 Å². The lowest BCUT2D eigenvalue weighted by Crippen LogP contribution is -2.27. The quantitative estimate of drug-likeness (QED) is 0.184. The number of aliphatic hydroxyl groups excluding tert-OH is 1. The van der Waals surface area contributed by atoms with Crippen LogP contribution in [-0.4, -0.2) is 68.9 Å². The summed E-state index contributed by atoms with van der Waals surface area (Å²) < 4.78 is 19.3. The molecule has 2 heterocycles. The van der Waals surface area contributed by atoms with Crippen molar-refractivity contribution in [2.75, 3.05) is 43.5 Å². The highest BCUT2D eigenvalue weighted by molar-refractivity contribution is 5.93. The number of aliphatic hydroxyl groups is 1. The number of halogens is 1. The number of carbonyl (C=O) groups excluding carboxylic acids is 1. The van der Waals surface area contributed by atoms with E-state index in [1.807, 2.05) is 18.2 Å². The molecule has 200 valence electrons. The lowest BCUT2D eigenvalue weighted by atomic mass is 10.2. The first-order valence-electron chi connectivity index (χ1n) is 12.6. The molecule has 2 aromatic heterocycles. The molecule has 4 N–H and O–H groups in total. The molecule has 0 unspecified atom stereocenters. The largest absolute Gasteiger partial charge is 0.493 e. The van der Waals surface area contributed by atoms with E-state index in [0.717, 1.165) is 49.1 Å². The van der Waals surface area contributed by atoms with Crippen molar-refractivity contribution in [3.63, 3.8) is 0 Å². The second-order valence-corrected chi connectivity index (χ2v) is 8.75. The van der Waals surface area contributed by atoms with Crippen molar-refractivity contribution in [2.45, 2.75) is 26.2 Å². The third-order valence-corrected chi connectivity index (χ3v) is 5.91. The Morgan fingerprint density at radius 2 is 2.00 bits per heavy atom. The summed E-state index contributed by atoms with van der Waals surface area (Å²) in [5.41, 5.74) is 1.71. The fourth-order valence-electron chi connectivity index (χ4n) is 4.01. The predicted octanol–water partition coefficient (Wildman–Crippen LogP) is 3.89. The Hall–Kier alpha value is -4.09. The van der Waals surface area contributed by atoms with Gasteiger partial charge < -0.3 is 25.4 Å². The highest BCUT2D eigenvalue weighted by Gasteiger charge is 2.11. The molecule has 4 aromatic rings. The smallest absolute Gasteiger partial charge is 0.230 e. The molecule has 11 heteroatoms.